The maximum Gasteiger partial charge on any atom is 0.356 e. The fourth-order valence-electron chi connectivity index (χ4n) is 7.27. The molecule has 0 spiro atoms. The Kier molecular flexibility index (Phi) is 12.2. The topological polar surface area (TPSA) is 190 Å². The number of phenolic OH excluding ortho intramolecular Hbond substituents is 1. The Bertz CT molecular complexity index is 2470. The fraction of sp³-hybridized carbons (Fsp3) is 0.364. The number of ketones is 1. The summed E-state index contributed by atoms with van der Waals surface area (Å²) >= 11 is 0. The third kappa shape index (κ3) is 7.29. The number of nitrogens with zero attached hydrogens (tertiary/aromatic N) is 2. The lowest BCUT2D eigenvalue weighted by molar-refractivity contribution is -0.151. The van der Waals surface area contributed by atoms with Crippen LogP contribution in [0.1, 0.15) is 90.5 Å². The van der Waals surface area contributed by atoms with Crippen molar-refractivity contribution in [1.82, 2.24) is 9.97 Å². The van der Waals surface area contributed by atoms with Gasteiger partial charge in [-0.1, -0.05) is 6.92 Å². The van der Waals surface area contributed by atoms with Crippen LogP contribution in [0.5, 0.6) is 28.9 Å². The van der Waals surface area contributed by atoms with Crippen LogP contribution in [-0.4, -0.2) is 70.5 Å². The Labute approximate surface area is 336 Å². The number of aromatic nitrogens is 2. The molecule has 0 amide bonds. The zero-order valence-electron chi connectivity index (χ0n) is 35.0. The Balaban J connectivity index is 1.52. The highest BCUT2D eigenvalue weighted by Crippen LogP contribution is 2.43. The van der Waals surface area contributed by atoms with Crippen molar-refractivity contribution in [3.8, 4) is 28.9 Å². The summed E-state index contributed by atoms with van der Waals surface area (Å²) in [7, 11) is 2.65. The van der Waals surface area contributed by atoms with Crippen LogP contribution in [0.15, 0.2) is 29.6 Å². The molecular weight excluding hydrogens is 748 g/mol. The van der Waals surface area contributed by atoms with Gasteiger partial charge in [-0.25, -0.2) is 19.4 Å². The predicted octanol–water partition coefficient (Wildman–Crippen LogP) is 7.14. The average Bonchev–Trinajstić information content (AvgIpc) is 3.17. The van der Waals surface area contributed by atoms with E-state index in [-0.39, 0.29) is 52.2 Å². The first-order valence-electron chi connectivity index (χ1n) is 18.5. The van der Waals surface area contributed by atoms with Crippen LogP contribution in [0.4, 0.5) is 0 Å². The van der Waals surface area contributed by atoms with Crippen molar-refractivity contribution in [3.63, 3.8) is 0 Å². The molecule has 1 aliphatic carbocycles. The summed E-state index contributed by atoms with van der Waals surface area (Å²) in [5.74, 6) is -2.51. The van der Waals surface area contributed by atoms with Crippen molar-refractivity contribution in [2.24, 2.45) is 0 Å². The first-order valence-corrected chi connectivity index (χ1v) is 18.5. The molecule has 1 heterocycles. The SMILES string of the molecule is CCc1c(C)c(C(=O)OCOC)c(C)c(C)c1Oc1nc(C)nc2c(C)c(OC(=O)c3c(C)c(C)c(OC(=O)[C@@]4(O)C(C)=CC(=O)C=C4OC)c(C)c3O)cc(C)c12. The number of carbonyl (C=O) groups excluding carboxylic acids is 4. The molecule has 3 aromatic carbocycles. The predicted molar refractivity (Wildman–Crippen MR) is 213 cm³/mol. The van der Waals surface area contributed by atoms with Gasteiger partial charge in [0.15, 0.2) is 12.6 Å². The lowest BCUT2D eigenvalue weighted by Gasteiger charge is -2.30. The maximum absolute atomic E-state index is 13.9. The van der Waals surface area contributed by atoms with Crippen molar-refractivity contribution < 1.29 is 57.8 Å². The van der Waals surface area contributed by atoms with Gasteiger partial charge >= 0.3 is 17.9 Å². The van der Waals surface area contributed by atoms with Crippen molar-refractivity contribution in [2.45, 2.75) is 88.2 Å². The van der Waals surface area contributed by atoms with Crippen LogP contribution in [0.3, 0.4) is 0 Å². The molecule has 2 N–H and O–H groups in total. The molecule has 5 rings (SSSR count). The molecule has 306 valence electrons. The van der Waals surface area contributed by atoms with Gasteiger partial charge in [-0.15, -0.1) is 0 Å². The number of benzene rings is 3. The first-order chi connectivity index (χ1) is 27.2. The highest BCUT2D eigenvalue weighted by atomic mass is 16.7. The Hall–Kier alpha value is -6.12. The summed E-state index contributed by atoms with van der Waals surface area (Å²) in [6, 6.07) is 1.66. The fourth-order valence-corrected chi connectivity index (χ4v) is 7.27. The number of methoxy groups -OCH3 is 2. The number of fused-ring (bicyclic) bond motifs is 1. The van der Waals surface area contributed by atoms with Crippen LogP contribution >= 0.6 is 0 Å². The Morgan fingerprint density at radius 2 is 1.40 bits per heavy atom. The van der Waals surface area contributed by atoms with Crippen LogP contribution in [-0.2, 0) is 30.2 Å². The zero-order valence-corrected chi connectivity index (χ0v) is 35.0. The molecule has 14 heteroatoms. The summed E-state index contributed by atoms with van der Waals surface area (Å²) in [5.41, 5.74) is 3.06. The number of carbonyl (C=O) groups is 4. The van der Waals surface area contributed by atoms with E-state index < -0.39 is 35.0 Å². The number of hydrogen-bond donors (Lipinski definition) is 2. The molecular formula is C44H48N2O12. The van der Waals surface area contributed by atoms with E-state index in [4.69, 9.17) is 33.4 Å². The van der Waals surface area contributed by atoms with Gasteiger partial charge in [-0.2, -0.15) is 4.98 Å². The monoisotopic (exact) mass is 796 g/mol. The molecule has 4 aromatic rings. The molecule has 0 saturated carbocycles. The second kappa shape index (κ2) is 16.4. The summed E-state index contributed by atoms with van der Waals surface area (Å²) in [4.78, 5) is 61.8. The van der Waals surface area contributed by atoms with E-state index in [1.165, 1.54) is 28.1 Å². The smallest absolute Gasteiger partial charge is 0.356 e. The largest absolute Gasteiger partial charge is 0.507 e. The lowest BCUT2D eigenvalue weighted by atomic mass is 9.87. The van der Waals surface area contributed by atoms with Gasteiger partial charge < -0.3 is 38.6 Å². The minimum absolute atomic E-state index is 0.0131. The second-order valence-electron chi connectivity index (χ2n) is 14.3. The number of phenols is 1. The van der Waals surface area contributed by atoms with Gasteiger partial charge in [-0.05, 0) is 132 Å². The number of hydrogen-bond acceptors (Lipinski definition) is 14. The molecule has 0 aliphatic heterocycles. The molecule has 1 aromatic heterocycles. The van der Waals surface area contributed by atoms with E-state index in [0.717, 1.165) is 28.8 Å². The maximum atomic E-state index is 13.9. The van der Waals surface area contributed by atoms with E-state index in [9.17, 15) is 29.4 Å². The summed E-state index contributed by atoms with van der Waals surface area (Å²) in [6.07, 6.45) is 2.64. The molecule has 0 saturated heterocycles. The number of aryl methyl sites for hydroxylation is 3. The highest BCUT2D eigenvalue weighted by Gasteiger charge is 2.48. The molecule has 0 bridgehead atoms. The van der Waals surface area contributed by atoms with E-state index in [1.807, 2.05) is 27.7 Å². The van der Waals surface area contributed by atoms with Crippen LogP contribution < -0.4 is 14.2 Å². The van der Waals surface area contributed by atoms with E-state index >= 15 is 0 Å². The number of ether oxygens (including phenoxy) is 6. The molecule has 1 atom stereocenters. The number of allylic oxidation sites excluding steroid dienone is 2. The molecule has 58 heavy (non-hydrogen) atoms. The van der Waals surface area contributed by atoms with E-state index in [0.29, 0.717) is 56.7 Å². The Morgan fingerprint density at radius 3 is 2.02 bits per heavy atom. The standard InChI is InChI=1S/C44H48N2O12/c1-14-30-25(8)34(41(49)55-18-53-12)21(4)24(7)39(30)57-40-33-19(2)15-31(26(9)36(33)45-28(11)46-40)56-42(50)35-22(5)23(6)38(27(10)37(35)48)58-43(51)44(52)20(3)16-29(47)17-32(44)54-13/h15-17,48,52H,14,18H2,1-13H3/t44-/m1/s1. The van der Waals surface area contributed by atoms with Gasteiger partial charge in [0.2, 0.25) is 11.5 Å². The molecule has 1 aliphatic rings. The van der Waals surface area contributed by atoms with Gasteiger partial charge in [0, 0.05) is 24.3 Å². The van der Waals surface area contributed by atoms with Gasteiger partial charge in [0.1, 0.15) is 40.1 Å². The van der Waals surface area contributed by atoms with Crippen molar-refractivity contribution >= 4 is 34.6 Å². The minimum atomic E-state index is -2.40. The normalized spacial score (nSPS) is 15.2. The van der Waals surface area contributed by atoms with Crippen molar-refractivity contribution in [2.75, 3.05) is 21.0 Å². The quantitative estimate of drug-likeness (QED) is 0.0885. The van der Waals surface area contributed by atoms with Crippen molar-refractivity contribution in [1.29, 1.82) is 0 Å². The van der Waals surface area contributed by atoms with Crippen molar-refractivity contribution in [3.05, 3.63) is 96.6 Å². The van der Waals surface area contributed by atoms with Gasteiger partial charge in [-0.3, -0.25) is 4.79 Å². The number of aromatic hydroxyl groups is 1. The summed E-state index contributed by atoms with van der Waals surface area (Å²) < 4.78 is 33.6. The van der Waals surface area contributed by atoms with Gasteiger partial charge in [0.25, 0.3) is 0 Å². The molecule has 0 fully saturated rings. The minimum Gasteiger partial charge on any atom is -0.507 e. The van der Waals surface area contributed by atoms with E-state index in [2.05, 4.69) is 4.98 Å². The van der Waals surface area contributed by atoms with Gasteiger partial charge in [0.05, 0.1) is 23.6 Å². The summed E-state index contributed by atoms with van der Waals surface area (Å²) in [6.45, 7) is 18.6. The first kappa shape index (κ1) is 43.0. The molecule has 0 unspecified atom stereocenters. The number of aliphatic hydroxyl groups is 1. The highest BCUT2D eigenvalue weighted by molar-refractivity contribution is 6.06. The van der Waals surface area contributed by atoms with Crippen LogP contribution in [0.2, 0.25) is 0 Å². The third-order valence-corrected chi connectivity index (χ3v) is 10.8. The third-order valence-electron chi connectivity index (χ3n) is 10.8. The molecule has 14 nitrogen and oxygen atoms in total. The van der Waals surface area contributed by atoms with Crippen LogP contribution in [0, 0.1) is 62.3 Å². The average molecular weight is 797 g/mol. The van der Waals surface area contributed by atoms with E-state index in [1.54, 1.807) is 40.7 Å². The molecule has 0 radical (unpaired) electrons. The summed E-state index contributed by atoms with van der Waals surface area (Å²) in [5, 5.41) is 23.3. The Morgan fingerprint density at radius 1 is 0.759 bits per heavy atom. The lowest BCUT2D eigenvalue weighted by Crippen LogP contribution is -2.47. The second-order valence-corrected chi connectivity index (χ2v) is 14.3. The van der Waals surface area contributed by atoms with Crippen LogP contribution in [0.25, 0.3) is 10.9 Å². The number of esters is 3. The zero-order chi connectivity index (χ0) is 43.1. The number of rotatable bonds is 11.